The monoisotopic (exact) mass is 528 g/mol. The predicted molar refractivity (Wildman–Crippen MR) is 148 cm³/mol. The Hall–Kier alpha value is -2.94. The summed E-state index contributed by atoms with van der Waals surface area (Å²) in [5.74, 6) is 0.925. The number of nitrogens with zero attached hydrogens (tertiary/aromatic N) is 4. The van der Waals surface area contributed by atoms with Crippen LogP contribution in [0.5, 0.6) is 23.8 Å². The second-order valence-electron chi connectivity index (χ2n) is 12.8. The van der Waals surface area contributed by atoms with E-state index in [1.54, 1.807) is 23.7 Å². The molecule has 0 aliphatic rings. The molecule has 0 saturated carbocycles. The van der Waals surface area contributed by atoms with Crippen molar-refractivity contribution in [1.82, 2.24) is 19.9 Å². The van der Waals surface area contributed by atoms with Crippen molar-refractivity contribution in [3.8, 4) is 45.3 Å². The van der Waals surface area contributed by atoms with Crippen LogP contribution in [0.2, 0.25) is 0 Å². The van der Waals surface area contributed by atoms with Crippen molar-refractivity contribution in [2.75, 3.05) is 0 Å². The fourth-order valence-electron chi connectivity index (χ4n) is 3.07. The largest absolute Gasteiger partial charge is 0.471 e. The number of hydrogen-bond acceptors (Lipinski definition) is 9. The fraction of sp³-hybridized carbons (Fsp3) is 0.571. The standard InChI is InChI=1S/C28H40N4O4S/c1-25(2,3)33-21-18(14-29-23(31-21)35-27(7,8)9)17-13-20(37-16-17)19-15-30-24(36-28(10,11)12)32-22(19)34-26(4,5)6/h13-16H,1-12H3. The van der Waals surface area contributed by atoms with E-state index < -0.39 is 22.4 Å². The van der Waals surface area contributed by atoms with Crippen molar-refractivity contribution in [2.24, 2.45) is 0 Å². The smallest absolute Gasteiger partial charge is 0.320 e. The zero-order valence-corrected chi connectivity index (χ0v) is 25.0. The molecular formula is C28H40N4O4S. The zero-order valence-electron chi connectivity index (χ0n) is 24.1. The molecule has 0 aromatic carbocycles. The van der Waals surface area contributed by atoms with Gasteiger partial charge in [0.05, 0.1) is 11.1 Å². The first-order valence-electron chi connectivity index (χ1n) is 12.4. The van der Waals surface area contributed by atoms with Gasteiger partial charge < -0.3 is 18.9 Å². The molecule has 37 heavy (non-hydrogen) atoms. The van der Waals surface area contributed by atoms with Crippen LogP contribution >= 0.6 is 11.3 Å². The maximum atomic E-state index is 6.22. The molecule has 9 heteroatoms. The molecule has 8 nitrogen and oxygen atoms in total. The molecule has 0 amide bonds. The normalized spacial score (nSPS) is 12.9. The molecule has 0 N–H and O–H groups in total. The highest BCUT2D eigenvalue weighted by atomic mass is 32.1. The van der Waals surface area contributed by atoms with Crippen LogP contribution in [-0.2, 0) is 0 Å². The van der Waals surface area contributed by atoms with Crippen molar-refractivity contribution >= 4 is 11.3 Å². The molecule has 0 bridgehead atoms. The summed E-state index contributed by atoms with van der Waals surface area (Å²) >= 11 is 1.55. The fourth-order valence-corrected chi connectivity index (χ4v) is 3.98. The average Bonchev–Trinajstić information content (AvgIpc) is 3.12. The van der Waals surface area contributed by atoms with Gasteiger partial charge in [0.1, 0.15) is 22.4 Å². The molecule has 202 valence electrons. The Morgan fingerprint density at radius 2 is 0.973 bits per heavy atom. The van der Waals surface area contributed by atoms with E-state index in [4.69, 9.17) is 18.9 Å². The summed E-state index contributed by atoms with van der Waals surface area (Å²) in [5, 5.41) is 2.04. The van der Waals surface area contributed by atoms with Gasteiger partial charge in [-0.15, -0.1) is 11.3 Å². The minimum Gasteiger partial charge on any atom is -0.471 e. The Morgan fingerprint density at radius 1 is 0.568 bits per heavy atom. The van der Waals surface area contributed by atoms with Crippen LogP contribution < -0.4 is 18.9 Å². The Kier molecular flexibility index (Phi) is 7.80. The number of ether oxygens (including phenoxy) is 4. The Balaban J connectivity index is 2.05. The van der Waals surface area contributed by atoms with Gasteiger partial charge >= 0.3 is 12.0 Å². The van der Waals surface area contributed by atoms with E-state index in [0.29, 0.717) is 11.8 Å². The minimum atomic E-state index is -0.453. The van der Waals surface area contributed by atoms with Gasteiger partial charge in [0, 0.05) is 17.3 Å². The van der Waals surface area contributed by atoms with Crippen molar-refractivity contribution in [3.05, 3.63) is 23.8 Å². The van der Waals surface area contributed by atoms with E-state index in [-0.39, 0.29) is 12.0 Å². The van der Waals surface area contributed by atoms with Crippen molar-refractivity contribution < 1.29 is 18.9 Å². The van der Waals surface area contributed by atoms with Gasteiger partial charge in [-0.2, -0.15) is 9.97 Å². The maximum absolute atomic E-state index is 6.22. The van der Waals surface area contributed by atoms with E-state index >= 15 is 0 Å². The molecule has 0 radical (unpaired) electrons. The lowest BCUT2D eigenvalue weighted by Gasteiger charge is -2.24. The third-order valence-corrected chi connectivity index (χ3v) is 5.20. The van der Waals surface area contributed by atoms with E-state index in [9.17, 15) is 0 Å². The molecule has 0 fully saturated rings. The van der Waals surface area contributed by atoms with Gasteiger partial charge in [0.2, 0.25) is 11.8 Å². The van der Waals surface area contributed by atoms with E-state index in [0.717, 1.165) is 21.6 Å². The summed E-state index contributed by atoms with van der Waals surface area (Å²) in [5.41, 5.74) is 0.701. The molecule has 0 spiro atoms. The minimum absolute atomic E-state index is 0.273. The number of rotatable bonds is 6. The van der Waals surface area contributed by atoms with E-state index in [1.807, 2.05) is 94.5 Å². The Morgan fingerprint density at radius 3 is 1.41 bits per heavy atom. The first-order valence-corrected chi connectivity index (χ1v) is 13.3. The molecule has 3 aromatic heterocycles. The van der Waals surface area contributed by atoms with Crippen LogP contribution in [0.15, 0.2) is 23.8 Å². The summed E-state index contributed by atoms with van der Waals surface area (Å²) in [6, 6.07) is 2.59. The highest BCUT2D eigenvalue weighted by molar-refractivity contribution is 7.14. The third-order valence-electron chi connectivity index (χ3n) is 4.24. The van der Waals surface area contributed by atoms with Crippen molar-refractivity contribution in [2.45, 2.75) is 105 Å². The second-order valence-corrected chi connectivity index (χ2v) is 13.7. The molecule has 0 aliphatic heterocycles. The average molecular weight is 529 g/mol. The number of aromatic nitrogens is 4. The molecule has 3 heterocycles. The first-order chi connectivity index (χ1) is 16.8. The van der Waals surface area contributed by atoms with Gasteiger partial charge in [-0.1, -0.05) is 0 Å². The van der Waals surface area contributed by atoms with Crippen LogP contribution in [0.1, 0.15) is 83.1 Å². The highest BCUT2D eigenvalue weighted by Crippen LogP contribution is 2.41. The van der Waals surface area contributed by atoms with Crippen LogP contribution in [-0.4, -0.2) is 42.3 Å². The van der Waals surface area contributed by atoms with Crippen LogP contribution in [0, 0.1) is 0 Å². The molecule has 0 saturated heterocycles. The summed E-state index contributed by atoms with van der Waals surface area (Å²) in [4.78, 5) is 19.0. The van der Waals surface area contributed by atoms with Gasteiger partial charge in [0.25, 0.3) is 0 Å². The second kappa shape index (κ2) is 10.1. The van der Waals surface area contributed by atoms with Crippen LogP contribution in [0.25, 0.3) is 21.6 Å². The van der Waals surface area contributed by atoms with Gasteiger partial charge in [-0.05, 0) is 100 Å². The lowest BCUT2D eigenvalue weighted by Crippen LogP contribution is -2.26. The zero-order chi connectivity index (χ0) is 27.8. The highest BCUT2D eigenvalue weighted by Gasteiger charge is 2.24. The quantitative estimate of drug-likeness (QED) is 0.328. The van der Waals surface area contributed by atoms with Crippen LogP contribution in [0.4, 0.5) is 0 Å². The van der Waals surface area contributed by atoms with Crippen molar-refractivity contribution in [3.63, 3.8) is 0 Å². The Bertz CT molecular complexity index is 1130. The lowest BCUT2D eigenvalue weighted by atomic mass is 10.1. The molecule has 0 unspecified atom stereocenters. The molecular weight excluding hydrogens is 488 g/mol. The molecule has 3 aromatic rings. The third kappa shape index (κ3) is 8.84. The summed E-state index contributed by atoms with van der Waals surface area (Å²) in [6.07, 6.45) is 3.48. The number of thiophene rings is 1. The SMILES string of the molecule is CC(C)(C)Oc1ncc(-c2csc(-c3cnc(OC(C)(C)C)nc3OC(C)(C)C)c2)c(OC(C)(C)C)n1. The summed E-state index contributed by atoms with van der Waals surface area (Å²) in [6.45, 7) is 23.6. The lowest BCUT2D eigenvalue weighted by molar-refractivity contribution is 0.102. The maximum Gasteiger partial charge on any atom is 0.320 e. The topological polar surface area (TPSA) is 88.5 Å². The van der Waals surface area contributed by atoms with Gasteiger partial charge in [-0.25, -0.2) is 9.97 Å². The van der Waals surface area contributed by atoms with Gasteiger partial charge in [0.15, 0.2) is 0 Å². The van der Waals surface area contributed by atoms with Gasteiger partial charge in [-0.3, -0.25) is 0 Å². The Labute approximate surface area is 224 Å². The molecule has 0 aliphatic carbocycles. The molecule has 0 atom stereocenters. The van der Waals surface area contributed by atoms with Crippen molar-refractivity contribution in [1.29, 1.82) is 0 Å². The first kappa shape index (κ1) is 28.6. The van der Waals surface area contributed by atoms with E-state index in [1.165, 1.54) is 0 Å². The summed E-state index contributed by atoms with van der Waals surface area (Å²) in [7, 11) is 0. The van der Waals surface area contributed by atoms with E-state index in [2.05, 4.69) is 19.9 Å². The summed E-state index contributed by atoms with van der Waals surface area (Å²) < 4.78 is 24.2. The molecule has 3 rings (SSSR count). The predicted octanol–water partition coefficient (Wildman–Crippen LogP) is 7.37. The number of hydrogen-bond donors (Lipinski definition) is 0. The van der Waals surface area contributed by atoms with Crippen LogP contribution in [0.3, 0.4) is 0 Å².